The van der Waals surface area contributed by atoms with Gasteiger partial charge in [-0.3, -0.25) is 0 Å². The molecule has 1 aromatic carbocycles. The van der Waals surface area contributed by atoms with E-state index in [1.165, 1.54) is 15.5 Å². The molecule has 4 heteroatoms. The molecule has 1 unspecified atom stereocenters. The quantitative estimate of drug-likeness (QED) is 0.507. The summed E-state index contributed by atoms with van der Waals surface area (Å²) < 4.78 is 1.15. The highest BCUT2D eigenvalue weighted by Crippen LogP contribution is 2.32. The predicted octanol–water partition coefficient (Wildman–Crippen LogP) is 5.96. The van der Waals surface area contributed by atoms with Crippen molar-refractivity contribution < 1.29 is 0 Å². The molecule has 2 rings (SSSR count). The first-order valence-corrected chi connectivity index (χ1v) is 8.69. The molecule has 1 aromatic heterocycles. The standard InChI is InChI=1S/C15H16BrNS2/c1-3-8-18-14-7-5-4-6-13(14)17-11(2)15-9-12(16)10-19-15/h3-7,9-11,17H,1,8H2,2H3. The van der Waals surface area contributed by atoms with Gasteiger partial charge in [0.2, 0.25) is 0 Å². The van der Waals surface area contributed by atoms with Crippen molar-refractivity contribution in [2.75, 3.05) is 11.1 Å². The van der Waals surface area contributed by atoms with Gasteiger partial charge >= 0.3 is 0 Å². The Bertz CT molecular complexity index is 551. The van der Waals surface area contributed by atoms with E-state index in [-0.39, 0.29) is 0 Å². The molecule has 0 aliphatic rings. The van der Waals surface area contributed by atoms with E-state index in [4.69, 9.17) is 0 Å². The number of para-hydroxylation sites is 1. The van der Waals surface area contributed by atoms with Crippen LogP contribution in [0.5, 0.6) is 0 Å². The lowest BCUT2D eigenvalue weighted by atomic mass is 10.2. The van der Waals surface area contributed by atoms with Crippen LogP contribution in [-0.4, -0.2) is 5.75 Å². The van der Waals surface area contributed by atoms with Crippen molar-refractivity contribution in [1.29, 1.82) is 0 Å². The maximum atomic E-state index is 3.77. The Hall–Kier alpha value is -0.710. The summed E-state index contributed by atoms with van der Waals surface area (Å²) in [5.74, 6) is 0.928. The van der Waals surface area contributed by atoms with Gasteiger partial charge in [-0.05, 0) is 41.1 Å². The van der Waals surface area contributed by atoms with Crippen molar-refractivity contribution in [2.24, 2.45) is 0 Å². The highest BCUT2D eigenvalue weighted by atomic mass is 79.9. The van der Waals surface area contributed by atoms with Crippen LogP contribution < -0.4 is 5.32 Å². The minimum Gasteiger partial charge on any atom is -0.377 e. The van der Waals surface area contributed by atoms with Gasteiger partial charge in [0, 0.05) is 31.1 Å². The topological polar surface area (TPSA) is 12.0 Å². The average Bonchev–Trinajstić information content (AvgIpc) is 2.84. The molecule has 1 nitrogen and oxygen atoms in total. The summed E-state index contributed by atoms with van der Waals surface area (Å²) in [6.45, 7) is 5.96. The van der Waals surface area contributed by atoms with Gasteiger partial charge in [0.25, 0.3) is 0 Å². The molecule has 0 saturated heterocycles. The molecule has 0 spiro atoms. The van der Waals surface area contributed by atoms with Crippen molar-refractivity contribution in [3.05, 3.63) is 57.7 Å². The SMILES string of the molecule is C=CCSc1ccccc1NC(C)c1cc(Br)cs1. The molecule has 2 aromatic rings. The second kappa shape index (κ2) is 7.17. The summed E-state index contributed by atoms with van der Waals surface area (Å²) in [5.41, 5.74) is 1.19. The van der Waals surface area contributed by atoms with Crippen molar-refractivity contribution in [3.63, 3.8) is 0 Å². The van der Waals surface area contributed by atoms with Gasteiger partial charge in [0.15, 0.2) is 0 Å². The summed E-state index contributed by atoms with van der Waals surface area (Å²) in [7, 11) is 0. The van der Waals surface area contributed by atoms with Gasteiger partial charge in [-0.15, -0.1) is 29.7 Å². The number of hydrogen-bond acceptors (Lipinski definition) is 3. The summed E-state index contributed by atoms with van der Waals surface area (Å²) in [4.78, 5) is 2.60. The van der Waals surface area contributed by atoms with Crippen LogP contribution in [0.1, 0.15) is 17.8 Å². The first kappa shape index (κ1) is 14.7. The fourth-order valence-corrected chi connectivity index (χ4v) is 3.93. The fraction of sp³-hybridized carbons (Fsp3) is 0.200. The van der Waals surface area contributed by atoms with E-state index in [0.29, 0.717) is 6.04 Å². The molecule has 1 heterocycles. The van der Waals surface area contributed by atoms with E-state index >= 15 is 0 Å². The summed E-state index contributed by atoms with van der Waals surface area (Å²) in [5, 5.41) is 5.70. The zero-order valence-corrected chi connectivity index (χ0v) is 13.9. The number of halogens is 1. The Morgan fingerprint density at radius 3 is 2.95 bits per heavy atom. The molecule has 0 amide bonds. The van der Waals surface area contributed by atoms with Gasteiger partial charge in [-0.2, -0.15) is 0 Å². The third-order valence-corrected chi connectivity index (χ3v) is 5.58. The number of nitrogens with one attached hydrogen (secondary N) is 1. The minimum atomic E-state index is 0.307. The van der Waals surface area contributed by atoms with Crippen molar-refractivity contribution in [1.82, 2.24) is 0 Å². The molecule has 0 aliphatic carbocycles. The molecule has 100 valence electrons. The third kappa shape index (κ3) is 4.13. The monoisotopic (exact) mass is 353 g/mol. The second-order valence-corrected chi connectivity index (χ2v) is 7.05. The molecule has 0 saturated carbocycles. The van der Waals surface area contributed by atoms with Crippen LogP contribution in [0.4, 0.5) is 5.69 Å². The first-order chi connectivity index (χ1) is 9.20. The molecule has 0 bridgehead atoms. The van der Waals surface area contributed by atoms with Crippen LogP contribution >= 0.6 is 39.0 Å². The maximum absolute atomic E-state index is 3.77. The Kier molecular flexibility index (Phi) is 5.55. The van der Waals surface area contributed by atoms with Crippen LogP contribution in [0.3, 0.4) is 0 Å². The first-order valence-electron chi connectivity index (χ1n) is 6.04. The molecule has 19 heavy (non-hydrogen) atoms. The lowest BCUT2D eigenvalue weighted by Gasteiger charge is -2.16. The number of rotatable bonds is 6. The molecule has 0 fully saturated rings. The fourth-order valence-electron chi connectivity index (χ4n) is 1.72. The molecular formula is C15H16BrNS2. The Morgan fingerprint density at radius 2 is 2.26 bits per heavy atom. The van der Waals surface area contributed by atoms with Crippen LogP contribution in [-0.2, 0) is 0 Å². The van der Waals surface area contributed by atoms with Crippen molar-refractivity contribution in [2.45, 2.75) is 17.9 Å². The average molecular weight is 354 g/mol. The Labute approximate surface area is 131 Å². The van der Waals surface area contributed by atoms with Crippen LogP contribution in [0.25, 0.3) is 0 Å². The number of thioether (sulfide) groups is 1. The molecule has 1 N–H and O–H groups in total. The highest BCUT2D eigenvalue weighted by molar-refractivity contribution is 9.10. The minimum absolute atomic E-state index is 0.307. The van der Waals surface area contributed by atoms with Gasteiger partial charge in [0.1, 0.15) is 0 Å². The number of anilines is 1. The van der Waals surface area contributed by atoms with Gasteiger partial charge in [-0.1, -0.05) is 18.2 Å². The van der Waals surface area contributed by atoms with Crippen LogP contribution in [0.15, 0.2) is 57.7 Å². The Morgan fingerprint density at radius 1 is 1.47 bits per heavy atom. The third-order valence-electron chi connectivity index (χ3n) is 2.63. The van der Waals surface area contributed by atoms with E-state index in [0.717, 1.165) is 10.2 Å². The summed E-state index contributed by atoms with van der Waals surface area (Å²) >= 11 is 7.07. The predicted molar refractivity (Wildman–Crippen MR) is 91.4 cm³/mol. The maximum Gasteiger partial charge on any atom is 0.0579 e. The largest absolute Gasteiger partial charge is 0.377 e. The second-order valence-electron chi connectivity index (χ2n) is 4.13. The molecular weight excluding hydrogens is 338 g/mol. The number of thiophene rings is 1. The van der Waals surface area contributed by atoms with E-state index in [1.54, 1.807) is 23.1 Å². The van der Waals surface area contributed by atoms with Crippen molar-refractivity contribution >= 4 is 44.7 Å². The number of benzene rings is 1. The molecule has 0 aliphatic heterocycles. The van der Waals surface area contributed by atoms with Gasteiger partial charge in [-0.25, -0.2) is 0 Å². The highest BCUT2D eigenvalue weighted by Gasteiger charge is 2.10. The van der Waals surface area contributed by atoms with Gasteiger partial charge in [0.05, 0.1) is 6.04 Å². The van der Waals surface area contributed by atoms with Crippen molar-refractivity contribution in [3.8, 4) is 0 Å². The van der Waals surface area contributed by atoms with E-state index in [9.17, 15) is 0 Å². The normalized spacial score (nSPS) is 12.1. The summed E-state index contributed by atoms with van der Waals surface area (Å²) in [6, 6.07) is 10.9. The molecule has 0 radical (unpaired) electrons. The Balaban J connectivity index is 2.11. The zero-order valence-electron chi connectivity index (χ0n) is 10.7. The van der Waals surface area contributed by atoms with E-state index in [1.807, 2.05) is 6.08 Å². The smallest absolute Gasteiger partial charge is 0.0579 e. The van der Waals surface area contributed by atoms with Crippen LogP contribution in [0.2, 0.25) is 0 Å². The molecule has 1 atom stereocenters. The zero-order chi connectivity index (χ0) is 13.7. The lowest BCUT2D eigenvalue weighted by Crippen LogP contribution is -2.05. The lowest BCUT2D eigenvalue weighted by molar-refractivity contribution is 0.901. The van der Waals surface area contributed by atoms with E-state index in [2.05, 4.69) is 70.5 Å². The van der Waals surface area contributed by atoms with Gasteiger partial charge < -0.3 is 5.32 Å². The summed E-state index contributed by atoms with van der Waals surface area (Å²) in [6.07, 6.45) is 1.93. The number of hydrogen-bond donors (Lipinski definition) is 1. The van der Waals surface area contributed by atoms with E-state index < -0.39 is 0 Å². The van der Waals surface area contributed by atoms with Crippen LogP contribution in [0, 0.1) is 0 Å².